The molecule has 7 nitrogen and oxygen atoms in total. The molecule has 0 spiro atoms. The number of hydrogen-bond acceptors (Lipinski definition) is 5. The Bertz CT molecular complexity index is 1270. The van der Waals surface area contributed by atoms with Crippen LogP contribution in [-0.2, 0) is 32.7 Å². The summed E-state index contributed by atoms with van der Waals surface area (Å²) in [5.74, 6) is -0.713. The van der Waals surface area contributed by atoms with E-state index >= 15 is 0 Å². The molecule has 0 saturated carbocycles. The molecule has 0 fully saturated rings. The standard InChI is InChI=1S/C26H28N2O5S/c1-19-8-14-23(15-9-19)25(29)24-7-5-17-28(24)16-4-6-21-10-12-22(13-11-21)18-33-20(2)26(30)27-34(3,31)32/h4-15,17,20H,16,18H2,1-3H3,(H,27,30)/b6-4+/t20-/m0/s1. The van der Waals surface area contributed by atoms with Crippen LogP contribution in [0, 0.1) is 6.92 Å². The Balaban J connectivity index is 1.55. The smallest absolute Gasteiger partial charge is 0.262 e. The number of amides is 1. The van der Waals surface area contributed by atoms with E-state index in [4.69, 9.17) is 4.74 Å². The Morgan fingerprint density at radius 2 is 1.74 bits per heavy atom. The van der Waals surface area contributed by atoms with Crippen molar-refractivity contribution in [3.8, 4) is 0 Å². The van der Waals surface area contributed by atoms with Crippen LogP contribution in [0.5, 0.6) is 0 Å². The zero-order valence-corrected chi connectivity index (χ0v) is 20.2. The number of aryl methyl sites for hydroxylation is 1. The molecule has 0 bridgehead atoms. The number of hydrogen-bond donors (Lipinski definition) is 1. The highest BCUT2D eigenvalue weighted by Gasteiger charge is 2.17. The van der Waals surface area contributed by atoms with Gasteiger partial charge >= 0.3 is 0 Å². The van der Waals surface area contributed by atoms with E-state index in [2.05, 4.69) is 0 Å². The maximum absolute atomic E-state index is 12.8. The monoisotopic (exact) mass is 480 g/mol. The van der Waals surface area contributed by atoms with Crippen molar-refractivity contribution in [3.05, 3.63) is 101 Å². The van der Waals surface area contributed by atoms with Crippen molar-refractivity contribution in [1.82, 2.24) is 9.29 Å². The van der Waals surface area contributed by atoms with Crippen molar-refractivity contribution in [3.63, 3.8) is 0 Å². The summed E-state index contributed by atoms with van der Waals surface area (Å²) in [7, 11) is -3.61. The van der Waals surface area contributed by atoms with Crippen LogP contribution in [0.25, 0.3) is 6.08 Å². The van der Waals surface area contributed by atoms with E-state index in [-0.39, 0.29) is 12.4 Å². The van der Waals surface area contributed by atoms with Crippen LogP contribution < -0.4 is 4.72 Å². The van der Waals surface area contributed by atoms with Crippen molar-refractivity contribution < 1.29 is 22.7 Å². The SMILES string of the molecule is Cc1ccc(C(=O)c2cccn2C/C=C/c2ccc(CO[C@@H](C)C(=O)NS(C)(=O)=O)cc2)cc1. The molecule has 34 heavy (non-hydrogen) atoms. The lowest BCUT2D eigenvalue weighted by Crippen LogP contribution is -2.37. The van der Waals surface area contributed by atoms with Gasteiger partial charge in [-0.3, -0.25) is 14.3 Å². The molecule has 0 unspecified atom stereocenters. The van der Waals surface area contributed by atoms with E-state index in [1.54, 1.807) is 0 Å². The average molecular weight is 481 g/mol. The largest absolute Gasteiger partial charge is 0.364 e. The molecule has 3 aromatic rings. The number of nitrogens with zero attached hydrogens (tertiary/aromatic N) is 1. The van der Waals surface area contributed by atoms with Gasteiger partial charge in [0.25, 0.3) is 5.91 Å². The number of nitrogens with one attached hydrogen (secondary N) is 1. The molecule has 8 heteroatoms. The maximum Gasteiger partial charge on any atom is 0.262 e. The lowest BCUT2D eigenvalue weighted by Gasteiger charge is -2.12. The molecule has 2 aromatic carbocycles. The van der Waals surface area contributed by atoms with Crippen LogP contribution in [-0.4, -0.2) is 37.0 Å². The summed E-state index contributed by atoms with van der Waals surface area (Å²) >= 11 is 0. The average Bonchev–Trinajstić information content (AvgIpc) is 3.25. The zero-order chi connectivity index (χ0) is 24.7. The summed E-state index contributed by atoms with van der Waals surface area (Å²) in [4.78, 5) is 24.6. The van der Waals surface area contributed by atoms with E-state index in [1.807, 2.05) is 95.2 Å². The summed E-state index contributed by atoms with van der Waals surface area (Å²) in [6.45, 7) is 4.22. The number of benzene rings is 2. The number of rotatable bonds is 10. The molecular formula is C26H28N2O5S. The highest BCUT2D eigenvalue weighted by molar-refractivity contribution is 7.89. The molecule has 0 radical (unpaired) electrons. The third-order valence-electron chi connectivity index (χ3n) is 5.12. The number of aromatic nitrogens is 1. The van der Waals surface area contributed by atoms with E-state index in [9.17, 15) is 18.0 Å². The topological polar surface area (TPSA) is 94.5 Å². The number of carbonyl (C=O) groups excluding carboxylic acids is 2. The summed E-state index contributed by atoms with van der Waals surface area (Å²) < 4.78 is 31.5. The molecule has 0 aliphatic heterocycles. The van der Waals surface area contributed by atoms with Crippen LogP contribution in [0.1, 0.15) is 39.7 Å². The van der Waals surface area contributed by atoms with Gasteiger partial charge in [-0.15, -0.1) is 0 Å². The Kier molecular flexibility index (Phi) is 8.20. The molecule has 3 rings (SSSR count). The third kappa shape index (κ3) is 7.26. The van der Waals surface area contributed by atoms with Crippen LogP contribution >= 0.6 is 0 Å². The minimum atomic E-state index is -3.61. The van der Waals surface area contributed by atoms with E-state index in [0.29, 0.717) is 17.8 Å². The highest BCUT2D eigenvalue weighted by atomic mass is 32.2. The fourth-order valence-electron chi connectivity index (χ4n) is 3.22. The first-order chi connectivity index (χ1) is 16.1. The molecule has 1 amide bonds. The molecule has 0 aliphatic rings. The molecule has 0 saturated heterocycles. The Morgan fingerprint density at radius 1 is 1.06 bits per heavy atom. The summed E-state index contributed by atoms with van der Waals surface area (Å²) in [5.41, 5.74) is 4.24. The molecular weight excluding hydrogens is 452 g/mol. The predicted octanol–water partition coefficient (Wildman–Crippen LogP) is 3.72. The lowest BCUT2D eigenvalue weighted by atomic mass is 10.1. The van der Waals surface area contributed by atoms with Crippen molar-refractivity contribution in [2.24, 2.45) is 0 Å². The quantitative estimate of drug-likeness (QED) is 0.446. The molecule has 178 valence electrons. The summed E-state index contributed by atoms with van der Waals surface area (Å²) in [5, 5.41) is 0. The fourth-order valence-corrected chi connectivity index (χ4v) is 3.75. The van der Waals surface area contributed by atoms with Crippen molar-refractivity contribution in [2.75, 3.05) is 6.26 Å². The number of ether oxygens (including phenoxy) is 1. The second kappa shape index (κ2) is 11.1. The van der Waals surface area contributed by atoms with Crippen molar-refractivity contribution >= 4 is 27.8 Å². The van der Waals surface area contributed by atoms with E-state index in [0.717, 1.165) is 22.9 Å². The molecule has 0 aliphatic carbocycles. The highest BCUT2D eigenvalue weighted by Crippen LogP contribution is 2.13. The van der Waals surface area contributed by atoms with Crippen LogP contribution in [0.3, 0.4) is 0 Å². The molecule has 1 heterocycles. The number of sulfonamides is 1. The minimum Gasteiger partial charge on any atom is -0.364 e. The molecule has 1 aromatic heterocycles. The van der Waals surface area contributed by atoms with E-state index in [1.165, 1.54) is 6.92 Å². The van der Waals surface area contributed by atoms with Gasteiger partial charge in [0.05, 0.1) is 18.6 Å². The third-order valence-corrected chi connectivity index (χ3v) is 5.70. The van der Waals surface area contributed by atoms with Gasteiger partial charge in [-0.05, 0) is 37.1 Å². The van der Waals surface area contributed by atoms with Gasteiger partial charge in [-0.1, -0.05) is 66.2 Å². The van der Waals surface area contributed by atoms with Gasteiger partial charge in [0.1, 0.15) is 6.10 Å². The first-order valence-electron chi connectivity index (χ1n) is 10.8. The first kappa shape index (κ1) is 25.1. The van der Waals surface area contributed by atoms with Crippen LogP contribution in [0.4, 0.5) is 0 Å². The Morgan fingerprint density at radius 3 is 2.38 bits per heavy atom. The van der Waals surface area contributed by atoms with Gasteiger partial charge < -0.3 is 9.30 Å². The number of ketones is 1. The Hall–Kier alpha value is -3.49. The zero-order valence-electron chi connectivity index (χ0n) is 19.4. The number of carbonyl (C=O) groups is 2. The summed E-state index contributed by atoms with van der Waals surface area (Å²) in [6, 6.07) is 18.8. The minimum absolute atomic E-state index is 0.0119. The van der Waals surface area contributed by atoms with Gasteiger partial charge in [0.15, 0.2) is 0 Å². The second-order valence-corrected chi connectivity index (χ2v) is 9.83. The first-order valence-corrected chi connectivity index (χ1v) is 12.7. The fraction of sp³-hybridized carbons (Fsp3) is 0.231. The van der Waals surface area contributed by atoms with Gasteiger partial charge in [0.2, 0.25) is 15.8 Å². The van der Waals surface area contributed by atoms with Gasteiger partial charge in [-0.25, -0.2) is 8.42 Å². The van der Waals surface area contributed by atoms with Gasteiger partial charge in [-0.2, -0.15) is 0 Å². The second-order valence-electron chi connectivity index (χ2n) is 8.08. The van der Waals surface area contributed by atoms with Crippen molar-refractivity contribution in [1.29, 1.82) is 0 Å². The lowest BCUT2D eigenvalue weighted by molar-refractivity contribution is -0.130. The van der Waals surface area contributed by atoms with Crippen molar-refractivity contribution in [2.45, 2.75) is 33.1 Å². The predicted molar refractivity (Wildman–Crippen MR) is 132 cm³/mol. The number of allylic oxidation sites excluding steroid dienone is 1. The van der Waals surface area contributed by atoms with Crippen LogP contribution in [0.2, 0.25) is 0 Å². The Labute approximate surface area is 200 Å². The summed E-state index contributed by atoms with van der Waals surface area (Å²) in [6.07, 6.45) is 5.85. The van der Waals surface area contributed by atoms with Crippen LogP contribution in [0.15, 0.2) is 72.9 Å². The maximum atomic E-state index is 12.8. The molecule has 1 atom stereocenters. The van der Waals surface area contributed by atoms with Gasteiger partial charge in [0, 0.05) is 18.3 Å². The molecule has 1 N–H and O–H groups in total. The normalized spacial score (nSPS) is 12.6. The van der Waals surface area contributed by atoms with E-state index < -0.39 is 22.0 Å².